The van der Waals surface area contributed by atoms with E-state index in [0.717, 1.165) is 10.5 Å². The van der Waals surface area contributed by atoms with Gasteiger partial charge in [0.1, 0.15) is 17.7 Å². The van der Waals surface area contributed by atoms with Crippen molar-refractivity contribution in [2.45, 2.75) is 19.9 Å². The molecule has 2 heterocycles. The summed E-state index contributed by atoms with van der Waals surface area (Å²) in [4.78, 5) is 41.8. The summed E-state index contributed by atoms with van der Waals surface area (Å²) >= 11 is 6.27. The Balaban J connectivity index is 1.64. The summed E-state index contributed by atoms with van der Waals surface area (Å²) in [6, 6.07) is 20.3. The van der Waals surface area contributed by atoms with Crippen molar-refractivity contribution in [1.29, 1.82) is 0 Å². The summed E-state index contributed by atoms with van der Waals surface area (Å²) in [6.45, 7) is 3.71. The monoisotopic (exact) mass is 457 g/mol. The Hall–Kier alpha value is -3.77. The lowest BCUT2D eigenvalue weighted by Crippen LogP contribution is -2.39. The van der Waals surface area contributed by atoms with E-state index in [0.29, 0.717) is 27.5 Å². The number of anilines is 2. The molecule has 3 aromatic rings. The van der Waals surface area contributed by atoms with Crippen LogP contribution in [0, 0.1) is 19.8 Å². The minimum absolute atomic E-state index is 0.0623. The first-order chi connectivity index (χ1) is 15.9. The van der Waals surface area contributed by atoms with Crippen LogP contribution in [0.15, 0.2) is 77.9 Å². The van der Waals surface area contributed by atoms with Gasteiger partial charge >= 0.3 is 0 Å². The zero-order valence-electron chi connectivity index (χ0n) is 18.0. The van der Waals surface area contributed by atoms with Gasteiger partial charge in [0.15, 0.2) is 0 Å². The van der Waals surface area contributed by atoms with Crippen LogP contribution in [-0.4, -0.2) is 29.4 Å². The highest BCUT2D eigenvalue weighted by atomic mass is 35.5. The van der Waals surface area contributed by atoms with E-state index in [1.807, 2.05) is 37.3 Å². The standard InChI is InChI=1S/C26H20ClN3O3/c1-15-11-13-18(14-12-15)30-23-21(22(28-30)24(31)17-7-4-3-5-8-17)25(32)29(26(23)33)20-10-6-9-19(27)16(20)2/h3-14,21,23H,1-2H3/t21-,23+/m1/s1. The van der Waals surface area contributed by atoms with Gasteiger partial charge in [-0.25, -0.2) is 4.90 Å². The summed E-state index contributed by atoms with van der Waals surface area (Å²) < 4.78 is 0. The fourth-order valence-corrected chi connectivity index (χ4v) is 4.50. The lowest BCUT2D eigenvalue weighted by Gasteiger charge is -2.23. The van der Waals surface area contributed by atoms with E-state index >= 15 is 0 Å². The molecule has 0 bridgehead atoms. The molecule has 0 aliphatic carbocycles. The molecule has 5 rings (SSSR count). The van der Waals surface area contributed by atoms with Crippen molar-refractivity contribution in [2.75, 3.05) is 9.91 Å². The number of hydrogen-bond acceptors (Lipinski definition) is 5. The highest BCUT2D eigenvalue weighted by molar-refractivity contribution is 6.53. The Labute approximate surface area is 196 Å². The van der Waals surface area contributed by atoms with Crippen LogP contribution in [0.2, 0.25) is 5.02 Å². The van der Waals surface area contributed by atoms with Crippen molar-refractivity contribution < 1.29 is 14.4 Å². The second kappa shape index (κ2) is 7.98. The number of nitrogens with zero attached hydrogens (tertiary/aromatic N) is 3. The quantitative estimate of drug-likeness (QED) is 0.425. The summed E-state index contributed by atoms with van der Waals surface area (Å²) in [5.74, 6) is -2.29. The van der Waals surface area contributed by atoms with Crippen LogP contribution < -0.4 is 9.91 Å². The average Bonchev–Trinajstić information content (AvgIpc) is 3.33. The lowest BCUT2D eigenvalue weighted by molar-refractivity contribution is -0.121. The highest BCUT2D eigenvalue weighted by Crippen LogP contribution is 2.40. The molecule has 2 aliphatic rings. The van der Waals surface area contributed by atoms with E-state index in [9.17, 15) is 14.4 Å². The van der Waals surface area contributed by atoms with Crippen LogP contribution in [-0.2, 0) is 9.59 Å². The SMILES string of the molecule is Cc1ccc(N2N=C(C(=O)c3ccccc3)[C@H]3C(=O)N(c4cccc(Cl)c4C)C(=O)[C@H]32)cc1. The van der Waals surface area contributed by atoms with Crippen molar-refractivity contribution >= 4 is 46.3 Å². The number of imide groups is 1. The van der Waals surface area contributed by atoms with Crippen LogP contribution in [0.3, 0.4) is 0 Å². The van der Waals surface area contributed by atoms with Gasteiger partial charge in [-0.2, -0.15) is 5.10 Å². The summed E-state index contributed by atoms with van der Waals surface area (Å²) in [5, 5.41) is 6.48. The molecule has 0 N–H and O–H groups in total. The lowest BCUT2D eigenvalue weighted by atomic mass is 9.92. The van der Waals surface area contributed by atoms with Gasteiger partial charge in [-0.1, -0.05) is 65.7 Å². The van der Waals surface area contributed by atoms with Crippen molar-refractivity contribution in [2.24, 2.45) is 11.0 Å². The fourth-order valence-electron chi connectivity index (χ4n) is 4.33. The minimum atomic E-state index is -1.01. The van der Waals surface area contributed by atoms with Gasteiger partial charge < -0.3 is 0 Å². The number of benzene rings is 3. The molecule has 1 fully saturated rings. The zero-order chi connectivity index (χ0) is 23.3. The number of carbonyl (C=O) groups excluding carboxylic acids is 3. The molecule has 2 aliphatic heterocycles. The maximum absolute atomic E-state index is 13.7. The van der Waals surface area contributed by atoms with E-state index in [4.69, 9.17) is 11.6 Å². The maximum atomic E-state index is 13.7. The van der Waals surface area contributed by atoms with Gasteiger partial charge in [0, 0.05) is 10.6 Å². The number of rotatable bonds is 4. The molecule has 0 spiro atoms. The first-order valence-corrected chi connectivity index (χ1v) is 10.9. The topological polar surface area (TPSA) is 70.1 Å². The summed E-state index contributed by atoms with van der Waals surface area (Å²) in [7, 11) is 0. The number of Topliss-reactive ketones (excluding diaryl/α,β-unsaturated/α-hetero) is 1. The molecule has 0 radical (unpaired) electrons. The van der Waals surface area contributed by atoms with Crippen LogP contribution in [0.4, 0.5) is 11.4 Å². The van der Waals surface area contributed by atoms with Crippen molar-refractivity contribution in [3.05, 3.63) is 94.5 Å². The second-order valence-corrected chi connectivity index (χ2v) is 8.59. The molecule has 33 heavy (non-hydrogen) atoms. The molecule has 3 aromatic carbocycles. The molecular formula is C26H20ClN3O3. The number of halogens is 1. The van der Waals surface area contributed by atoms with Crippen LogP contribution in [0.25, 0.3) is 0 Å². The molecule has 2 amide bonds. The Bertz CT molecular complexity index is 1320. The van der Waals surface area contributed by atoms with Gasteiger partial charge in [0.2, 0.25) is 11.7 Å². The van der Waals surface area contributed by atoms with Gasteiger partial charge in [0.05, 0.1) is 11.4 Å². The van der Waals surface area contributed by atoms with E-state index in [1.165, 1.54) is 5.01 Å². The summed E-state index contributed by atoms with van der Waals surface area (Å²) in [5.41, 5.74) is 3.20. The van der Waals surface area contributed by atoms with Gasteiger partial charge in [-0.3, -0.25) is 19.4 Å². The number of carbonyl (C=O) groups is 3. The first-order valence-electron chi connectivity index (χ1n) is 10.6. The Morgan fingerprint density at radius 1 is 0.879 bits per heavy atom. The Kier molecular flexibility index (Phi) is 5.10. The number of aryl methyl sites for hydroxylation is 1. The van der Waals surface area contributed by atoms with Crippen molar-refractivity contribution in [3.63, 3.8) is 0 Å². The average molecular weight is 458 g/mol. The molecule has 164 valence electrons. The number of amides is 2. The predicted molar refractivity (Wildman–Crippen MR) is 128 cm³/mol. The fraction of sp³-hybridized carbons (Fsp3) is 0.154. The van der Waals surface area contributed by atoms with E-state index < -0.39 is 23.8 Å². The smallest absolute Gasteiger partial charge is 0.259 e. The van der Waals surface area contributed by atoms with Crippen LogP contribution >= 0.6 is 11.6 Å². The van der Waals surface area contributed by atoms with E-state index in [1.54, 1.807) is 49.4 Å². The van der Waals surface area contributed by atoms with Crippen LogP contribution in [0.1, 0.15) is 21.5 Å². The van der Waals surface area contributed by atoms with Crippen LogP contribution in [0.5, 0.6) is 0 Å². The minimum Gasteiger partial charge on any atom is -0.287 e. The van der Waals surface area contributed by atoms with E-state index in [-0.39, 0.29) is 11.5 Å². The maximum Gasteiger partial charge on any atom is 0.259 e. The molecule has 0 saturated carbocycles. The molecule has 2 atom stereocenters. The largest absolute Gasteiger partial charge is 0.287 e. The number of hydrazone groups is 1. The van der Waals surface area contributed by atoms with Gasteiger partial charge in [0.25, 0.3) is 5.91 Å². The molecule has 0 aromatic heterocycles. The zero-order valence-corrected chi connectivity index (χ0v) is 18.8. The highest BCUT2D eigenvalue weighted by Gasteiger charge is 2.58. The predicted octanol–water partition coefficient (Wildman–Crippen LogP) is 4.57. The van der Waals surface area contributed by atoms with Crippen molar-refractivity contribution in [1.82, 2.24) is 0 Å². The molecule has 1 saturated heterocycles. The molecule has 7 heteroatoms. The Morgan fingerprint density at radius 3 is 2.27 bits per heavy atom. The Morgan fingerprint density at radius 2 is 1.58 bits per heavy atom. The molecule has 6 nitrogen and oxygen atoms in total. The number of hydrogen-bond donors (Lipinski definition) is 0. The third-order valence-electron chi connectivity index (χ3n) is 6.10. The number of fused-ring (bicyclic) bond motifs is 1. The van der Waals surface area contributed by atoms with Gasteiger partial charge in [-0.15, -0.1) is 0 Å². The molecular weight excluding hydrogens is 438 g/mol. The van der Waals surface area contributed by atoms with Crippen molar-refractivity contribution in [3.8, 4) is 0 Å². The third kappa shape index (κ3) is 3.34. The van der Waals surface area contributed by atoms with E-state index in [2.05, 4.69) is 5.10 Å². The number of ketones is 1. The molecule has 0 unspecified atom stereocenters. The first kappa shape index (κ1) is 21.1. The third-order valence-corrected chi connectivity index (χ3v) is 6.51. The van der Waals surface area contributed by atoms with Gasteiger partial charge in [-0.05, 0) is 43.7 Å². The normalized spacial score (nSPS) is 19.7. The second-order valence-electron chi connectivity index (χ2n) is 8.18. The summed E-state index contributed by atoms with van der Waals surface area (Å²) in [6.07, 6.45) is 0.